The number of fused-ring (bicyclic) bond motifs is 1. The minimum Gasteiger partial charge on any atom is -0.319 e. The van der Waals surface area contributed by atoms with Gasteiger partial charge in [-0.2, -0.15) is 0 Å². The molecule has 2 heterocycles. The van der Waals surface area contributed by atoms with Crippen LogP contribution < -0.4 is 5.73 Å². The van der Waals surface area contributed by atoms with E-state index >= 15 is 0 Å². The third-order valence-electron chi connectivity index (χ3n) is 3.40. The summed E-state index contributed by atoms with van der Waals surface area (Å²) >= 11 is 1.40. The summed E-state index contributed by atoms with van der Waals surface area (Å²) in [7, 11) is 0. The summed E-state index contributed by atoms with van der Waals surface area (Å²) in [5, 5.41) is 6.46. The van der Waals surface area contributed by atoms with Crippen LogP contribution in [0.15, 0.2) is 36.7 Å². The molecule has 20 heavy (non-hydrogen) atoms. The van der Waals surface area contributed by atoms with Crippen LogP contribution >= 0.6 is 11.5 Å². The highest BCUT2D eigenvalue weighted by Crippen LogP contribution is 2.30. The fourth-order valence-electron chi connectivity index (χ4n) is 2.42. The molecule has 2 aromatic heterocycles. The van der Waals surface area contributed by atoms with E-state index in [0.29, 0.717) is 0 Å². The van der Waals surface area contributed by atoms with E-state index in [-0.39, 0.29) is 6.04 Å². The van der Waals surface area contributed by atoms with Crippen LogP contribution in [0.5, 0.6) is 0 Å². The Hall–Kier alpha value is -1.85. The third kappa shape index (κ3) is 2.30. The molecule has 0 aliphatic heterocycles. The van der Waals surface area contributed by atoms with Crippen LogP contribution in [0.25, 0.3) is 10.8 Å². The fourth-order valence-corrected chi connectivity index (χ4v) is 3.14. The lowest BCUT2D eigenvalue weighted by Gasteiger charge is -2.13. The van der Waals surface area contributed by atoms with Gasteiger partial charge >= 0.3 is 0 Å². The summed E-state index contributed by atoms with van der Waals surface area (Å²) in [6.07, 6.45) is 5.64. The zero-order valence-electron chi connectivity index (χ0n) is 11.3. The lowest BCUT2D eigenvalue weighted by Crippen LogP contribution is -2.13. The highest BCUT2D eigenvalue weighted by atomic mass is 32.1. The van der Waals surface area contributed by atoms with Gasteiger partial charge in [0.25, 0.3) is 0 Å². The van der Waals surface area contributed by atoms with Gasteiger partial charge in [-0.05, 0) is 35.0 Å². The zero-order chi connectivity index (χ0) is 13.9. The van der Waals surface area contributed by atoms with Gasteiger partial charge in [0.1, 0.15) is 0 Å². The number of pyridine rings is 1. The van der Waals surface area contributed by atoms with E-state index in [0.717, 1.165) is 39.7 Å². The van der Waals surface area contributed by atoms with Crippen LogP contribution in [0.1, 0.15) is 35.5 Å². The van der Waals surface area contributed by atoms with Crippen molar-refractivity contribution < 1.29 is 0 Å². The van der Waals surface area contributed by atoms with E-state index in [9.17, 15) is 0 Å². The first-order valence-corrected chi connectivity index (χ1v) is 7.48. The molecule has 0 saturated heterocycles. The first-order valence-electron chi connectivity index (χ1n) is 6.70. The molecule has 0 bridgehead atoms. The van der Waals surface area contributed by atoms with Gasteiger partial charge in [-0.15, -0.1) is 5.10 Å². The molecule has 3 aromatic rings. The molecule has 0 fully saturated rings. The number of hydrogen-bond acceptors (Lipinski definition) is 5. The molecular weight excluding hydrogens is 268 g/mol. The Kier molecular flexibility index (Phi) is 3.71. The maximum atomic E-state index is 6.47. The molecule has 5 heteroatoms. The molecule has 3 rings (SSSR count). The Labute approximate surface area is 121 Å². The van der Waals surface area contributed by atoms with Crippen LogP contribution in [0.2, 0.25) is 0 Å². The second-order valence-corrected chi connectivity index (χ2v) is 5.54. The van der Waals surface area contributed by atoms with Gasteiger partial charge in [-0.25, -0.2) is 0 Å². The number of aryl methyl sites for hydroxylation is 1. The number of nitrogens with two attached hydrogens (primary N) is 1. The van der Waals surface area contributed by atoms with E-state index < -0.39 is 0 Å². The predicted octanol–water partition coefficient (Wildman–Crippen LogP) is 3.09. The van der Waals surface area contributed by atoms with Gasteiger partial charge in [-0.3, -0.25) is 4.98 Å². The molecule has 102 valence electrons. The number of hydrogen-bond donors (Lipinski definition) is 1. The Bertz CT molecular complexity index is 717. The van der Waals surface area contributed by atoms with Gasteiger partial charge in [0.15, 0.2) is 0 Å². The molecule has 1 unspecified atom stereocenters. The van der Waals surface area contributed by atoms with Crippen LogP contribution in [0.3, 0.4) is 0 Å². The molecule has 2 N–H and O–H groups in total. The standard InChI is InChI=1S/C15H16N4S/c1-2-4-13-15(20-19-18-13)14(16)12-6-3-5-10-9-17-8-7-11(10)12/h3,5-9,14H,2,4,16H2,1H3. The normalized spacial score (nSPS) is 12.7. The van der Waals surface area contributed by atoms with Crippen molar-refractivity contribution in [3.8, 4) is 0 Å². The van der Waals surface area contributed by atoms with Crippen LogP contribution in [0.4, 0.5) is 0 Å². The van der Waals surface area contributed by atoms with Crippen LogP contribution in [-0.2, 0) is 6.42 Å². The molecule has 0 amide bonds. The van der Waals surface area contributed by atoms with Crippen molar-refractivity contribution in [2.24, 2.45) is 5.73 Å². The second kappa shape index (κ2) is 5.64. The van der Waals surface area contributed by atoms with Gasteiger partial charge in [-0.1, -0.05) is 36.0 Å². The minimum absolute atomic E-state index is 0.178. The second-order valence-electron chi connectivity index (χ2n) is 4.76. The third-order valence-corrected chi connectivity index (χ3v) is 4.25. The molecular formula is C15H16N4S. The topological polar surface area (TPSA) is 64.7 Å². The van der Waals surface area contributed by atoms with Crippen molar-refractivity contribution in [2.75, 3.05) is 0 Å². The van der Waals surface area contributed by atoms with E-state index in [1.165, 1.54) is 11.5 Å². The first kappa shape index (κ1) is 13.1. The lowest BCUT2D eigenvalue weighted by molar-refractivity contribution is 0.817. The van der Waals surface area contributed by atoms with E-state index in [1.54, 1.807) is 6.20 Å². The number of benzene rings is 1. The first-order chi connectivity index (χ1) is 9.81. The van der Waals surface area contributed by atoms with Crippen molar-refractivity contribution in [3.63, 3.8) is 0 Å². The van der Waals surface area contributed by atoms with Crippen molar-refractivity contribution in [3.05, 3.63) is 52.8 Å². The average molecular weight is 284 g/mol. The van der Waals surface area contributed by atoms with Crippen molar-refractivity contribution in [2.45, 2.75) is 25.8 Å². The Morgan fingerprint density at radius 2 is 2.20 bits per heavy atom. The van der Waals surface area contributed by atoms with Gasteiger partial charge < -0.3 is 5.73 Å². The van der Waals surface area contributed by atoms with Crippen LogP contribution in [-0.4, -0.2) is 14.6 Å². The Morgan fingerprint density at radius 3 is 3.05 bits per heavy atom. The monoisotopic (exact) mass is 284 g/mol. The predicted molar refractivity (Wildman–Crippen MR) is 81.7 cm³/mol. The molecule has 0 aliphatic rings. The van der Waals surface area contributed by atoms with E-state index in [1.807, 2.05) is 18.3 Å². The largest absolute Gasteiger partial charge is 0.319 e. The molecule has 1 atom stereocenters. The molecule has 0 saturated carbocycles. The number of nitrogens with zero attached hydrogens (tertiary/aromatic N) is 3. The summed E-state index contributed by atoms with van der Waals surface area (Å²) in [5.41, 5.74) is 8.60. The highest BCUT2D eigenvalue weighted by Gasteiger charge is 2.18. The quantitative estimate of drug-likeness (QED) is 0.799. The summed E-state index contributed by atoms with van der Waals surface area (Å²) in [4.78, 5) is 5.23. The molecule has 0 radical (unpaired) electrons. The summed E-state index contributed by atoms with van der Waals surface area (Å²) in [5.74, 6) is 0. The summed E-state index contributed by atoms with van der Waals surface area (Å²) < 4.78 is 4.07. The average Bonchev–Trinajstić information content (AvgIpc) is 2.94. The smallest absolute Gasteiger partial charge is 0.0807 e. The fraction of sp³-hybridized carbons (Fsp3) is 0.267. The number of rotatable bonds is 4. The number of aromatic nitrogens is 3. The Balaban J connectivity index is 2.08. The summed E-state index contributed by atoms with van der Waals surface area (Å²) in [6, 6.07) is 7.98. The molecule has 0 spiro atoms. The van der Waals surface area contributed by atoms with Gasteiger partial charge in [0.05, 0.1) is 16.6 Å². The van der Waals surface area contributed by atoms with Crippen molar-refractivity contribution >= 4 is 22.3 Å². The van der Waals surface area contributed by atoms with Gasteiger partial charge in [0.2, 0.25) is 0 Å². The molecule has 1 aromatic carbocycles. The van der Waals surface area contributed by atoms with E-state index in [2.05, 4.69) is 33.6 Å². The molecule has 4 nitrogen and oxygen atoms in total. The minimum atomic E-state index is -0.178. The van der Waals surface area contributed by atoms with Crippen molar-refractivity contribution in [1.29, 1.82) is 0 Å². The maximum absolute atomic E-state index is 6.47. The summed E-state index contributed by atoms with van der Waals surface area (Å²) in [6.45, 7) is 2.14. The van der Waals surface area contributed by atoms with E-state index in [4.69, 9.17) is 5.73 Å². The lowest BCUT2D eigenvalue weighted by atomic mass is 9.98. The van der Waals surface area contributed by atoms with Crippen LogP contribution in [0, 0.1) is 0 Å². The molecule has 0 aliphatic carbocycles. The highest BCUT2D eigenvalue weighted by molar-refractivity contribution is 7.05. The van der Waals surface area contributed by atoms with Gasteiger partial charge in [0, 0.05) is 17.8 Å². The zero-order valence-corrected chi connectivity index (χ0v) is 12.1. The van der Waals surface area contributed by atoms with Crippen molar-refractivity contribution in [1.82, 2.24) is 14.6 Å². The SMILES string of the molecule is CCCc1nnsc1C(N)c1cccc2cnccc12. The maximum Gasteiger partial charge on any atom is 0.0807 e. The Morgan fingerprint density at radius 1 is 1.30 bits per heavy atom.